The number of aromatic nitrogens is 1. The number of nitriles is 1. The molecule has 31 heavy (non-hydrogen) atoms. The minimum Gasteiger partial charge on any atom is -0.369 e. The average Bonchev–Trinajstić information content (AvgIpc) is 2.84. The van der Waals surface area contributed by atoms with E-state index in [2.05, 4.69) is 32.2 Å². The lowest BCUT2D eigenvalue weighted by molar-refractivity contribution is 0.0947. The van der Waals surface area contributed by atoms with Gasteiger partial charge < -0.3 is 10.2 Å². The minimum atomic E-state index is -0.112. The van der Waals surface area contributed by atoms with E-state index in [1.54, 1.807) is 6.20 Å². The smallest absolute Gasteiger partial charge is 0.269 e. The zero-order chi connectivity index (χ0) is 21.5. The molecule has 1 aliphatic rings. The Morgan fingerprint density at radius 1 is 1.00 bits per heavy atom. The number of rotatable bonds is 7. The number of fused-ring (bicyclic) bond motifs is 1. The number of anilines is 1. The molecule has 4 rings (SSSR count). The third-order valence-electron chi connectivity index (χ3n) is 5.76. The zero-order valence-electron chi connectivity index (χ0n) is 17.6. The molecule has 1 N–H and O–H groups in total. The second kappa shape index (κ2) is 10.1. The highest BCUT2D eigenvalue weighted by Gasteiger charge is 2.17. The van der Waals surface area contributed by atoms with Gasteiger partial charge in [0.2, 0.25) is 0 Å². The van der Waals surface area contributed by atoms with Gasteiger partial charge in [0.15, 0.2) is 0 Å². The molecule has 1 saturated heterocycles. The maximum Gasteiger partial charge on any atom is 0.269 e. The van der Waals surface area contributed by atoms with Crippen LogP contribution >= 0.6 is 0 Å². The number of unbranched alkanes of at least 4 members (excludes halogenated alkanes) is 1. The highest BCUT2D eigenvalue weighted by atomic mass is 16.1. The highest BCUT2D eigenvalue weighted by molar-refractivity contribution is 5.96. The number of benzene rings is 2. The third-order valence-corrected chi connectivity index (χ3v) is 5.76. The minimum absolute atomic E-state index is 0.112. The molecule has 2 heterocycles. The van der Waals surface area contributed by atoms with Crippen LogP contribution in [0.4, 0.5) is 5.69 Å². The normalized spacial score (nSPS) is 14.4. The fourth-order valence-corrected chi connectivity index (χ4v) is 3.96. The van der Waals surface area contributed by atoms with Gasteiger partial charge in [-0.25, -0.2) is 0 Å². The fourth-order valence-electron chi connectivity index (χ4n) is 3.96. The van der Waals surface area contributed by atoms with Crippen LogP contribution in [-0.2, 0) is 0 Å². The van der Waals surface area contributed by atoms with Crippen LogP contribution in [-0.4, -0.2) is 55.1 Å². The number of carbonyl (C=O) groups excluding carboxylic acids is 1. The topological polar surface area (TPSA) is 72.3 Å². The standard InChI is InChI=1S/C25H27N5O/c26-18-20-6-5-9-23(16-20)30-14-12-29(13-15-30)11-4-3-10-27-25(31)24-17-21-7-1-2-8-22(21)19-28-24/h1-2,5-9,16-17,19H,3-4,10-15H2,(H,27,31). The summed E-state index contributed by atoms with van der Waals surface area (Å²) < 4.78 is 0. The van der Waals surface area contributed by atoms with Gasteiger partial charge in [0.1, 0.15) is 5.69 Å². The molecular weight excluding hydrogens is 386 g/mol. The van der Waals surface area contributed by atoms with E-state index in [1.165, 1.54) is 0 Å². The Labute approximate surface area is 183 Å². The molecule has 3 aromatic rings. The average molecular weight is 414 g/mol. The van der Waals surface area contributed by atoms with Gasteiger partial charge in [-0.05, 0) is 49.0 Å². The molecule has 1 aliphatic heterocycles. The van der Waals surface area contributed by atoms with Crippen LogP contribution in [0.1, 0.15) is 28.9 Å². The Bertz CT molecular complexity index is 1080. The molecule has 158 valence electrons. The monoisotopic (exact) mass is 413 g/mol. The number of hydrogen-bond acceptors (Lipinski definition) is 5. The Kier molecular flexibility index (Phi) is 6.75. The molecule has 6 nitrogen and oxygen atoms in total. The number of carbonyl (C=O) groups is 1. The van der Waals surface area contributed by atoms with Crippen molar-refractivity contribution in [1.82, 2.24) is 15.2 Å². The molecule has 6 heteroatoms. The van der Waals surface area contributed by atoms with E-state index >= 15 is 0 Å². The quantitative estimate of drug-likeness (QED) is 0.601. The van der Waals surface area contributed by atoms with Crippen molar-refractivity contribution < 1.29 is 4.79 Å². The number of amides is 1. The summed E-state index contributed by atoms with van der Waals surface area (Å²) >= 11 is 0. The maximum absolute atomic E-state index is 12.4. The fraction of sp³-hybridized carbons (Fsp3) is 0.320. The lowest BCUT2D eigenvalue weighted by Crippen LogP contribution is -2.46. The van der Waals surface area contributed by atoms with E-state index in [9.17, 15) is 4.79 Å². The SMILES string of the molecule is N#Cc1cccc(N2CCN(CCCCNC(=O)c3cc4ccccc4cn3)CC2)c1. The van der Waals surface area contributed by atoms with E-state index in [-0.39, 0.29) is 5.91 Å². The van der Waals surface area contributed by atoms with Gasteiger partial charge in [-0.1, -0.05) is 30.3 Å². The van der Waals surface area contributed by atoms with Gasteiger partial charge in [-0.15, -0.1) is 0 Å². The Balaban J connectivity index is 1.15. The van der Waals surface area contributed by atoms with E-state index in [4.69, 9.17) is 5.26 Å². The van der Waals surface area contributed by atoms with Gasteiger partial charge in [-0.3, -0.25) is 14.7 Å². The maximum atomic E-state index is 12.4. The Morgan fingerprint density at radius 2 is 1.81 bits per heavy atom. The largest absolute Gasteiger partial charge is 0.369 e. The molecule has 0 radical (unpaired) electrons. The molecule has 1 amide bonds. The van der Waals surface area contributed by atoms with Crippen molar-refractivity contribution in [2.75, 3.05) is 44.2 Å². The summed E-state index contributed by atoms with van der Waals surface area (Å²) in [5, 5.41) is 14.1. The number of pyridine rings is 1. The van der Waals surface area contributed by atoms with Crippen LogP contribution < -0.4 is 10.2 Å². The first-order chi connectivity index (χ1) is 15.2. The third kappa shape index (κ3) is 5.39. The molecule has 2 aromatic carbocycles. The second-order valence-electron chi connectivity index (χ2n) is 7.87. The zero-order valence-corrected chi connectivity index (χ0v) is 17.6. The first-order valence-corrected chi connectivity index (χ1v) is 10.8. The molecule has 0 aliphatic carbocycles. The van der Waals surface area contributed by atoms with Crippen molar-refractivity contribution in [3.05, 3.63) is 72.1 Å². The van der Waals surface area contributed by atoms with Crippen LogP contribution in [0.15, 0.2) is 60.8 Å². The number of hydrogen-bond donors (Lipinski definition) is 1. The number of nitrogens with zero attached hydrogens (tertiary/aromatic N) is 4. The second-order valence-corrected chi connectivity index (χ2v) is 7.87. The van der Waals surface area contributed by atoms with Crippen LogP contribution in [0.2, 0.25) is 0 Å². The Hall–Kier alpha value is -3.43. The van der Waals surface area contributed by atoms with Gasteiger partial charge in [0, 0.05) is 50.0 Å². The van der Waals surface area contributed by atoms with Crippen molar-refractivity contribution >= 4 is 22.4 Å². The van der Waals surface area contributed by atoms with Gasteiger partial charge in [-0.2, -0.15) is 5.26 Å². The van der Waals surface area contributed by atoms with Crippen LogP contribution in [0.3, 0.4) is 0 Å². The first-order valence-electron chi connectivity index (χ1n) is 10.8. The van der Waals surface area contributed by atoms with Crippen LogP contribution in [0, 0.1) is 11.3 Å². The van der Waals surface area contributed by atoms with Crippen molar-refractivity contribution in [2.45, 2.75) is 12.8 Å². The summed E-state index contributed by atoms with van der Waals surface area (Å²) in [4.78, 5) is 21.5. The van der Waals surface area contributed by atoms with Gasteiger partial charge in [0.05, 0.1) is 11.6 Å². The molecule has 0 unspecified atom stereocenters. The van der Waals surface area contributed by atoms with Crippen molar-refractivity contribution in [2.24, 2.45) is 0 Å². The summed E-state index contributed by atoms with van der Waals surface area (Å²) in [6, 6.07) is 19.8. The van der Waals surface area contributed by atoms with Crippen LogP contribution in [0.25, 0.3) is 10.8 Å². The van der Waals surface area contributed by atoms with Crippen molar-refractivity contribution in [3.63, 3.8) is 0 Å². The van der Waals surface area contributed by atoms with Crippen molar-refractivity contribution in [1.29, 1.82) is 5.26 Å². The van der Waals surface area contributed by atoms with E-state index in [1.807, 2.05) is 48.5 Å². The Morgan fingerprint density at radius 3 is 2.61 bits per heavy atom. The summed E-state index contributed by atoms with van der Waals surface area (Å²) in [6.07, 6.45) is 3.75. The van der Waals surface area contributed by atoms with Gasteiger partial charge >= 0.3 is 0 Å². The predicted octanol–water partition coefficient (Wildman–Crippen LogP) is 3.44. The van der Waals surface area contributed by atoms with E-state index in [0.717, 1.165) is 62.0 Å². The summed E-state index contributed by atoms with van der Waals surface area (Å²) in [5.74, 6) is -0.112. The van der Waals surface area contributed by atoms with E-state index in [0.29, 0.717) is 17.8 Å². The summed E-state index contributed by atoms with van der Waals surface area (Å²) in [6.45, 7) is 5.68. The molecule has 0 atom stereocenters. The molecule has 0 saturated carbocycles. The number of piperazine rings is 1. The summed E-state index contributed by atoms with van der Waals surface area (Å²) in [7, 11) is 0. The molecule has 1 fully saturated rings. The molecular formula is C25H27N5O. The molecule has 1 aromatic heterocycles. The predicted molar refractivity (Wildman–Crippen MR) is 123 cm³/mol. The molecule has 0 spiro atoms. The highest BCUT2D eigenvalue weighted by Crippen LogP contribution is 2.18. The van der Waals surface area contributed by atoms with Gasteiger partial charge in [0.25, 0.3) is 5.91 Å². The molecule has 0 bridgehead atoms. The van der Waals surface area contributed by atoms with Crippen molar-refractivity contribution in [3.8, 4) is 6.07 Å². The van der Waals surface area contributed by atoms with Crippen LogP contribution in [0.5, 0.6) is 0 Å². The summed E-state index contributed by atoms with van der Waals surface area (Å²) in [5.41, 5.74) is 2.31. The lowest BCUT2D eigenvalue weighted by atomic mass is 10.1. The first kappa shape index (κ1) is 20.8. The lowest BCUT2D eigenvalue weighted by Gasteiger charge is -2.36. The number of nitrogens with one attached hydrogen (secondary N) is 1. The van der Waals surface area contributed by atoms with E-state index < -0.39 is 0 Å².